The number of hydrogen-bond donors (Lipinski definition) is 3. The molecule has 0 saturated heterocycles. The molecule has 3 amide bonds. The second-order valence-corrected chi connectivity index (χ2v) is 7.54. The lowest BCUT2D eigenvalue weighted by Crippen LogP contribution is -2.47. The molecule has 0 saturated carbocycles. The van der Waals surface area contributed by atoms with Crippen LogP contribution in [0.4, 0.5) is 5.69 Å². The van der Waals surface area contributed by atoms with E-state index in [2.05, 4.69) is 10.6 Å². The zero-order chi connectivity index (χ0) is 21.7. The van der Waals surface area contributed by atoms with Crippen LogP contribution in [-0.2, 0) is 16.0 Å². The summed E-state index contributed by atoms with van der Waals surface area (Å²) in [7, 11) is 0. The lowest BCUT2D eigenvalue weighted by Gasteiger charge is -2.22. The van der Waals surface area contributed by atoms with E-state index in [-0.39, 0.29) is 24.2 Å². The number of hydrogen-bond acceptors (Lipinski definition) is 3. The molecule has 0 aliphatic heterocycles. The maximum Gasteiger partial charge on any atom is 0.248 e. The smallest absolute Gasteiger partial charge is 0.248 e. The Bertz CT molecular complexity index is 1070. The number of amides is 3. The van der Waals surface area contributed by atoms with Gasteiger partial charge in [-0.3, -0.25) is 14.4 Å². The number of nitrogens with one attached hydrogen (secondary N) is 2. The van der Waals surface area contributed by atoms with E-state index < -0.39 is 11.9 Å². The predicted octanol–water partition coefficient (Wildman–Crippen LogP) is 3.26. The molecule has 0 spiro atoms. The van der Waals surface area contributed by atoms with Gasteiger partial charge in [0.2, 0.25) is 17.7 Å². The number of fused-ring (bicyclic) bond motifs is 1. The fourth-order valence-corrected chi connectivity index (χ4v) is 3.32. The first kappa shape index (κ1) is 21.0. The molecule has 30 heavy (non-hydrogen) atoms. The zero-order valence-electron chi connectivity index (χ0n) is 17.0. The third kappa shape index (κ3) is 5.03. The summed E-state index contributed by atoms with van der Waals surface area (Å²) < 4.78 is 0. The highest BCUT2D eigenvalue weighted by molar-refractivity contribution is 5.99. The molecule has 0 radical (unpaired) electrons. The molecule has 0 unspecified atom stereocenters. The van der Waals surface area contributed by atoms with Crippen molar-refractivity contribution in [2.45, 2.75) is 26.3 Å². The summed E-state index contributed by atoms with van der Waals surface area (Å²) in [6.45, 7) is 3.75. The van der Waals surface area contributed by atoms with Crippen LogP contribution < -0.4 is 16.4 Å². The van der Waals surface area contributed by atoms with Crippen LogP contribution in [0.3, 0.4) is 0 Å². The first-order valence-corrected chi connectivity index (χ1v) is 9.82. The Labute approximate surface area is 175 Å². The molecule has 3 aromatic carbocycles. The molecule has 6 nitrogen and oxygen atoms in total. The van der Waals surface area contributed by atoms with Gasteiger partial charge in [-0.1, -0.05) is 56.3 Å². The molecular formula is C24H25N3O3. The lowest BCUT2D eigenvalue weighted by atomic mass is 10.00. The highest BCUT2D eigenvalue weighted by atomic mass is 16.2. The van der Waals surface area contributed by atoms with Crippen molar-refractivity contribution in [1.82, 2.24) is 5.32 Å². The summed E-state index contributed by atoms with van der Waals surface area (Å²) >= 11 is 0. The van der Waals surface area contributed by atoms with Gasteiger partial charge in [0.05, 0.1) is 6.42 Å². The van der Waals surface area contributed by atoms with Gasteiger partial charge in [0, 0.05) is 11.3 Å². The number of primary amides is 1. The third-order valence-corrected chi connectivity index (χ3v) is 4.93. The maximum atomic E-state index is 12.8. The fourth-order valence-electron chi connectivity index (χ4n) is 3.32. The van der Waals surface area contributed by atoms with Gasteiger partial charge in [0.25, 0.3) is 0 Å². The van der Waals surface area contributed by atoms with Crippen LogP contribution in [-0.4, -0.2) is 23.8 Å². The van der Waals surface area contributed by atoms with Crippen molar-refractivity contribution in [3.05, 3.63) is 77.9 Å². The number of nitrogens with two attached hydrogens (primary N) is 1. The summed E-state index contributed by atoms with van der Waals surface area (Å²) in [5.74, 6) is -1.17. The molecule has 0 heterocycles. The summed E-state index contributed by atoms with van der Waals surface area (Å²) in [5.41, 5.74) is 7.03. The van der Waals surface area contributed by atoms with E-state index in [0.29, 0.717) is 11.3 Å². The molecular weight excluding hydrogens is 378 g/mol. The van der Waals surface area contributed by atoms with Crippen LogP contribution in [0.1, 0.15) is 29.8 Å². The van der Waals surface area contributed by atoms with E-state index in [1.165, 1.54) is 0 Å². The van der Waals surface area contributed by atoms with Crippen molar-refractivity contribution in [3.63, 3.8) is 0 Å². The topological polar surface area (TPSA) is 101 Å². The Kier molecular flexibility index (Phi) is 6.47. The summed E-state index contributed by atoms with van der Waals surface area (Å²) in [6.07, 6.45) is 0.186. The first-order chi connectivity index (χ1) is 14.3. The van der Waals surface area contributed by atoms with Gasteiger partial charge in [-0.25, -0.2) is 0 Å². The average Bonchev–Trinajstić information content (AvgIpc) is 2.72. The van der Waals surface area contributed by atoms with Gasteiger partial charge >= 0.3 is 0 Å². The van der Waals surface area contributed by atoms with E-state index in [9.17, 15) is 14.4 Å². The van der Waals surface area contributed by atoms with Crippen LogP contribution in [0.2, 0.25) is 0 Å². The quantitative estimate of drug-likeness (QED) is 0.564. The minimum atomic E-state index is -0.691. The number of carbonyl (C=O) groups excluding carboxylic acids is 3. The van der Waals surface area contributed by atoms with Crippen LogP contribution in [0.25, 0.3) is 10.8 Å². The molecule has 0 aliphatic rings. The van der Waals surface area contributed by atoms with Crippen molar-refractivity contribution >= 4 is 34.2 Å². The minimum Gasteiger partial charge on any atom is -0.366 e. The van der Waals surface area contributed by atoms with Crippen molar-refractivity contribution in [2.75, 3.05) is 5.32 Å². The molecule has 1 atom stereocenters. The average molecular weight is 403 g/mol. The van der Waals surface area contributed by atoms with Crippen LogP contribution in [0.5, 0.6) is 0 Å². The summed E-state index contributed by atoms with van der Waals surface area (Å²) in [5, 5.41) is 7.73. The maximum absolute atomic E-state index is 12.8. The van der Waals surface area contributed by atoms with Crippen LogP contribution in [0, 0.1) is 5.92 Å². The molecule has 0 aromatic heterocycles. The third-order valence-electron chi connectivity index (χ3n) is 4.93. The van der Waals surface area contributed by atoms with E-state index in [1.807, 2.05) is 56.3 Å². The van der Waals surface area contributed by atoms with E-state index >= 15 is 0 Å². The molecule has 0 fully saturated rings. The van der Waals surface area contributed by atoms with Gasteiger partial charge < -0.3 is 16.4 Å². The molecule has 3 aromatic rings. The zero-order valence-corrected chi connectivity index (χ0v) is 17.0. The largest absolute Gasteiger partial charge is 0.366 e. The molecule has 0 bridgehead atoms. The summed E-state index contributed by atoms with van der Waals surface area (Å²) in [4.78, 5) is 36.6. The number of anilines is 1. The number of benzene rings is 3. The normalized spacial score (nSPS) is 11.8. The predicted molar refractivity (Wildman–Crippen MR) is 118 cm³/mol. The second kappa shape index (κ2) is 9.22. The molecule has 4 N–H and O–H groups in total. The minimum absolute atomic E-state index is 0.105. The van der Waals surface area contributed by atoms with Crippen molar-refractivity contribution in [1.29, 1.82) is 0 Å². The Hall–Kier alpha value is -3.67. The summed E-state index contributed by atoms with van der Waals surface area (Å²) in [6, 6.07) is 19.3. The van der Waals surface area contributed by atoms with Gasteiger partial charge in [-0.05, 0) is 46.5 Å². The Balaban J connectivity index is 1.69. The Morgan fingerprint density at radius 1 is 0.900 bits per heavy atom. The molecule has 154 valence electrons. The van der Waals surface area contributed by atoms with Gasteiger partial charge in [-0.15, -0.1) is 0 Å². The monoisotopic (exact) mass is 403 g/mol. The molecule has 3 rings (SSSR count). The molecule has 0 aliphatic carbocycles. The van der Waals surface area contributed by atoms with Gasteiger partial charge in [-0.2, -0.15) is 0 Å². The van der Waals surface area contributed by atoms with Crippen molar-refractivity contribution < 1.29 is 14.4 Å². The van der Waals surface area contributed by atoms with Gasteiger partial charge in [0.15, 0.2) is 0 Å². The van der Waals surface area contributed by atoms with E-state index in [0.717, 1.165) is 16.3 Å². The van der Waals surface area contributed by atoms with E-state index in [1.54, 1.807) is 24.3 Å². The fraction of sp³-hybridized carbons (Fsp3) is 0.208. The Morgan fingerprint density at radius 2 is 1.57 bits per heavy atom. The highest BCUT2D eigenvalue weighted by Crippen LogP contribution is 2.19. The standard InChI is InChI=1S/C24H25N3O3/c1-15(2)22(24(30)26-19-12-10-17(11-13-19)23(25)29)27-21(28)14-18-8-5-7-16-6-3-4-9-20(16)18/h3-13,15,22H,14H2,1-2H3,(H2,25,29)(H,26,30)(H,27,28)/t22-/m1/s1. The molecule has 6 heteroatoms. The second-order valence-electron chi connectivity index (χ2n) is 7.54. The van der Waals surface area contributed by atoms with Gasteiger partial charge in [0.1, 0.15) is 6.04 Å². The van der Waals surface area contributed by atoms with Crippen molar-refractivity contribution in [2.24, 2.45) is 11.7 Å². The lowest BCUT2D eigenvalue weighted by molar-refractivity contribution is -0.127. The van der Waals surface area contributed by atoms with Crippen LogP contribution in [0.15, 0.2) is 66.7 Å². The van der Waals surface area contributed by atoms with Crippen LogP contribution >= 0.6 is 0 Å². The Morgan fingerprint density at radius 3 is 2.23 bits per heavy atom. The SMILES string of the molecule is CC(C)[C@@H](NC(=O)Cc1cccc2ccccc12)C(=O)Nc1ccc(C(N)=O)cc1. The number of carbonyl (C=O) groups is 3. The van der Waals surface area contributed by atoms with E-state index in [4.69, 9.17) is 5.73 Å². The van der Waals surface area contributed by atoms with Crippen molar-refractivity contribution in [3.8, 4) is 0 Å². The number of rotatable bonds is 7. The first-order valence-electron chi connectivity index (χ1n) is 9.82. The highest BCUT2D eigenvalue weighted by Gasteiger charge is 2.24.